The van der Waals surface area contributed by atoms with Crippen molar-refractivity contribution >= 4 is 11.6 Å². The quantitative estimate of drug-likeness (QED) is 0.768. The molecule has 0 saturated carbocycles. The molecule has 2 rings (SSSR count). The number of nitrogens with two attached hydrogens (primary N) is 1. The van der Waals surface area contributed by atoms with E-state index in [1.165, 1.54) is 0 Å². The van der Waals surface area contributed by atoms with Crippen LogP contribution in [0.15, 0.2) is 0 Å². The largest absolute Gasteiger partial charge is 0.395 e. The second kappa shape index (κ2) is 5.58. The predicted molar refractivity (Wildman–Crippen MR) is 73.5 cm³/mol. The van der Waals surface area contributed by atoms with Crippen LogP contribution in [0.4, 0.5) is 5.69 Å². The van der Waals surface area contributed by atoms with Crippen LogP contribution in [0.1, 0.15) is 23.1 Å². The monoisotopic (exact) mass is 266 g/mol. The van der Waals surface area contributed by atoms with Gasteiger partial charge in [-0.05, 0) is 13.5 Å². The first-order valence-corrected chi connectivity index (χ1v) is 6.58. The lowest BCUT2D eigenvalue weighted by Crippen LogP contribution is -2.52. The van der Waals surface area contributed by atoms with Crippen molar-refractivity contribution in [3.8, 4) is 0 Å². The summed E-state index contributed by atoms with van der Waals surface area (Å²) < 4.78 is 1.56. The summed E-state index contributed by atoms with van der Waals surface area (Å²) in [4.78, 5) is 14.5. The zero-order chi connectivity index (χ0) is 14.0. The number of hydrazine groups is 1. The summed E-state index contributed by atoms with van der Waals surface area (Å²) in [6, 6.07) is 0. The molecule has 106 valence electrons. The first-order chi connectivity index (χ1) is 9.02. The number of aromatic nitrogens is 2. The number of aryl methyl sites for hydroxylation is 2. The number of anilines is 1. The number of rotatable bonds is 3. The van der Waals surface area contributed by atoms with Gasteiger partial charge in [-0.25, -0.2) is 5.01 Å². The van der Waals surface area contributed by atoms with E-state index in [1.807, 2.05) is 11.9 Å². The van der Waals surface area contributed by atoms with Crippen molar-refractivity contribution in [2.45, 2.75) is 13.3 Å². The van der Waals surface area contributed by atoms with Gasteiger partial charge in [0.05, 0.1) is 11.4 Å². The Morgan fingerprint density at radius 3 is 2.47 bits per heavy atom. The molecular weight excluding hydrogens is 244 g/mol. The van der Waals surface area contributed by atoms with E-state index in [4.69, 9.17) is 5.73 Å². The van der Waals surface area contributed by atoms with Gasteiger partial charge in [-0.3, -0.25) is 14.9 Å². The fourth-order valence-electron chi connectivity index (χ4n) is 2.24. The summed E-state index contributed by atoms with van der Waals surface area (Å²) in [5.41, 5.74) is 10.6. The number of likely N-dealkylation sites (N-methyl/N-ethyl adjacent to an activating group) is 1. The fourth-order valence-corrected chi connectivity index (χ4v) is 2.24. The van der Waals surface area contributed by atoms with Gasteiger partial charge in [0, 0.05) is 33.2 Å². The number of nitrogens with zero attached hydrogens (tertiary/aromatic N) is 4. The predicted octanol–water partition coefficient (Wildman–Crippen LogP) is -0.543. The molecule has 0 bridgehead atoms. The van der Waals surface area contributed by atoms with E-state index in [1.54, 1.807) is 11.7 Å². The molecule has 0 atom stereocenters. The smallest absolute Gasteiger partial charge is 0.285 e. The van der Waals surface area contributed by atoms with Crippen LogP contribution in [0.2, 0.25) is 0 Å². The van der Waals surface area contributed by atoms with E-state index >= 15 is 0 Å². The van der Waals surface area contributed by atoms with Crippen LogP contribution in [0.3, 0.4) is 0 Å². The molecule has 3 N–H and O–H groups in total. The zero-order valence-corrected chi connectivity index (χ0v) is 11.8. The van der Waals surface area contributed by atoms with Gasteiger partial charge in [0.2, 0.25) is 0 Å². The highest BCUT2D eigenvalue weighted by atomic mass is 16.2. The molecule has 2 heterocycles. The van der Waals surface area contributed by atoms with Crippen molar-refractivity contribution in [1.29, 1.82) is 0 Å². The van der Waals surface area contributed by atoms with Gasteiger partial charge in [-0.15, -0.1) is 0 Å². The number of nitrogens with one attached hydrogen (secondary N) is 1. The Kier molecular flexibility index (Phi) is 4.06. The molecular formula is C12H22N6O. The van der Waals surface area contributed by atoms with Crippen LogP contribution in [-0.2, 0) is 13.5 Å². The van der Waals surface area contributed by atoms with Gasteiger partial charge < -0.3 is 10.6 Å². The van der Waals surface area contributed by atoms with E-state index in [2.05, 4.69) is 22.5 Å². The van der Waals surface area contributed by atoms with Crippen LogP contribution in [-0.4, -0.2) is 58.8 Å². The highest BCUT2D eigenvalue weighted by molar-refractivity contribution is 5.97. The number of hydrogen-bond acceptors (Lipinski definition) is 5. The number of nitrogen functional groups attached to an aromatic ring is 1. The number of carbonyl (C=O) groups is 1. The number of carbonyl (C=O) groups excluding carboxylic acids is 1. The van der Waals surface area contributed by atoms with Gasteiger partial charge in [-0.1, -0.05) is 6.92 Å². The molecule has 0 radical (unpaired) electrons. The Hall–Kier alpha value is -1.60. The lowest BCUT2D eigenvalue weighted by atomic mass is 10.2. The molecule has 1 fully saturated rings. The molecule has 0 spiro atoms. The zero-order valence-electron chi connectivity index (χ0n) is 11.8. The summed E-state index contributed by atoms with van der Waals surface area (Å²) in [5, 5.41) is 6.19. The molecule has 1 aliphatic heterocycles. The van der Waals surface area contributed by atoms with Gasteiger partial charge in [-0.2, -0.15) is 5.10 Å². The van der Waals surface area contributed by atoms with Crippen LogP contribution < -0.4 is 11.2 Å². The molecule has 1 aromatic rings. The van der Waals surface area contributed by atoms with Crippen molar-refractivity contribution in [3.05, 3.63) is 11.4 Å². The molecule has 1 amide bonds. The summed E-state index contributed by atoms with van der Waals surface area (Å²) in [6.45, 7) is 5.50. The second-order valence-corrected chi connectivity index (χ2v) is 4.92. The molecule has 0 unspecified atom stereocenters. The second-order valence-electron chi connectivity index (χ2n) is 4.92. The normalized spacial score (nSPS) is 17.6. The molecule has 1 saturated heterocycles. The van der Waals surface area contributed by atoms with Gasteiger partial charge in [0.1, 0.15) is 0 Å². The number of piperazine rings is 1. The topological polar surface area (TPSA) is 79.4 Å². The summed E-state index contributed by atoms with van der Waals surface area (Å²) in [6.07, 6.45) is 0.724. The average Bonchev–Trinajstić information content (AvgIpc) is 2.67. The van der Waals surface area contributed by atoms with E-state index in [-0.39, 0.29) is 5.91 Å². The van der Waals surface area contributed by atoms with Crippen LogP contribution in [0.5, 0.6) is 0 Å². The Morgan fingerprint density at radius 2 is 1.95 bits per heavy atom. The van der Waals surface area contributed by atoms with E-state index < -0.39 is 0 Å². The molecule has 7 nitrogen and oxygen atoms in total. The maximum absolute atomic E-state index is 12.3. The minimum absolute atomic E-state index is 0.184. The van der Waals surface area contributed by atoms with Crippen molar-refractivity contribution < 1.29 is 4.79 Å². The summed E-state index contributed by atoms with van der Waals surface area (Å²) in [7, 11) is 3.82. The van der Waals surface area contributed by atoms with Gasteiger partial charge in [0.15, 0.2) is 5.69 Å². The molecule has 0 aromatic carbocycles. The van der Waals surface area contributed by atoms with E-state index in [9.17, 15) is 4.79 Å². The first kappa shape index (κ1) is 13.8. The molecule has 19 heavy (non-hydrogen) atoms. The Morgan fingerprint density at radius 1 is 1.32 bits per heavy atom. The Labute approximate surface area is 113 Å². The average molecular weight is 266 g/mol. The number of amides is 1. The lowest BCUT2D eigenvalue weighted by molar-refractivity contribution is 0.0654. The van der Waals surface area contributed by atoms with Crippen LogP contribution in [0, 0.1) is 0 Å². The Balaban J connectivity index is 2.06. The third-order valence-corrected chi connectivity index (χ3v) is 3.47. The van der Waals surface area contributed by atoms with E-state index in [0.29, 0.717) is 11.4 Å². The molecule has 1 aromatic heterocycles. The first-order valence-electron chi connectivity index (χ1n) is 6.58. The van der Waals surface area contributed by atoms with Crippen molar-refractivity contribution in [2.75, 3.05) is 39.0 Å². The van der Waals surface area contributed by atoms with Crippen LogP contribution in [0.25, 0.3) is 0 Å². The maximum atomic E-state index is 12.3. The molecule has 7 heteroatoms. The van der Waals surface area contributed by atoms with Crippen molar-refractivity contribution in [3.63, 3.8) is 0 Å². The minimum Gasteiger partial charge on any atom is -0.395 e. The fraction of sp³-hybridized carbons (Fsp3) is 0.667. The van der Waals surface area contributed by atoms with Crippen LogP contribution >= 0.6 is 0 Å². The van der Waals surface area contributed by atoms with Crippen molar-refractivity contribution in [2.24, 2.45) is 7.05 Å². The minimum atomic E-state index is -0.184. The third kappa shape index (κ3) is 2.87. The summed E-state index contributed by atoms with van der Waals surface area (Å²) in [5.74, 6) is -0.184. The maximum Gasteiger partial charge on any atom is 0.285 e. The highest BCUT2D eigenvalue weighted by Gasteiger charge is 2.22. The summed E-state index contributed by atoms with van der Waals surface area (Å²) >= 11 is 0. The van der Waals surface area contributed by atoms with Crippen molar-refractivity contribution in [1.82, 2.24) is 25.1 Å². The Bertz CT molecular complexity index is 461. The highest BCUT2D eigenvalue weighted by Crippen LogP contribution is 2.16. The standard InChI is InChI=1S/C12H22N6O/c1-4-9-10(13)11(17(3)14-9)12(19)15-18-7-5-16(2)6-8-18/h4-8,13H2,1-3H3,(H,15,19). The SMILES string of the molecule is CCc1nn(C)c(C(=O)NN2CCN(C)CC2)c1N. The van der Waals surface area contributed by atoms with Gasteiger partial charge >= 0.3 is 0 Å². The van der Waals surface area contributed by atoms with E-state index in [0.717, 1.165) is 38.3 Å². The lowest BCUT2D eigenvalue weighted by Gasteiger charge is -2.32. The molecule has 1 aliphatic rings. The third-order valence-electron chi connectivity index (χ3n) is 3.47. The van der Waals surface area contributed by atoms with Gasteiger partial charge in [0.25, 0.3) is 5.91 Å². The molecule has 0 aliphatic carbocycles. The number of hydrogen-bond donors (Lipinski definition) is 2.